The van der Waals surface area contributed by atoms with Crippen LogP contribution >= 0.6 is 11.6 Å². The minimum Gasteiger partial charge on any atom is -0.480 e. The molecule has 0 bridgehead atoms. The fraction of sp³-hybridized carbons (Fsp3) is 0.273. The lowest BCUT2D eigenvalue weighted by Gasteiger charge is -2.18. The molecule has 0 unspecified atom stereocenters. The predicted octanol–water partition coefficient (Wildman–Crippen LogP) is 2.03. The Bertz CT molecular complexity index is 450. The van der Waals surface area contributed by atoms with Crippen LogP contribution in [0.25, 0.3) is 0 Å². The smallest absolute Gasteiger partial charge is 0.323 e. The number of carboxylic acids is 1. The number of carbonyl (C=O) groups excluding carboxylic acids is 1. The number of aliphatic carboxylic acids is 1. The Balaban J connectivity index is 2.93. The Kier molecular flexibility index (Phi) is 4.45. The maximum absolute atomic E-state index is 12.9. The first-order valence-corrected chi connectivity index (χ1v) is 5.29. The summed E-state index contributed by atoms with van der Waals surface area (Å²) in [5.41, 5.74) is 0.166. The van der Waals surface area contributed by atoms with E-state index < -0.39 is 24.2 Å². The number of carbonyl (C=O) groups is 2. The standard InChI is InChI=1S/C11H11ClFNO3/c1-2-14(6-10(15)16)11(17)7-3-4-9(13)8(12)5-7/h3-5H,2,6H2,1H3,(H,15,16). The van der Waals surface area contributed by atoms with Crippen molar-refractivity contribution < 1.29 is 19.1 Å². The second-order valence-corrected chi connectivity index (χ2v) is 3.75. The van der Waals surface area contributed by atoms with E-state index in [0.29, 0.717) is 0 Å². The Labute approximate surface area is 103 Å². The summed E-state index contributed by atoms with van der Waals surface area (Å²) >= 11 is 5.55. The van der Waals surface area contributed by atoms with Gasteiger partial charge >= 0.3 is 5.97 Å². The van der Waals surface area contributed by atoms with Gasteiger partial charge in [-0.25, -0.2) is 4.39 Å². The maximum atomic E-state index is 12.9. The van der Waals surface area contributed by atoms with Crippen LogP contribution in [0.3, 0.4) is 0 Å². The third-order valence-corrected chi connectivity index (χ3v) is 2.45. The predicted molar refractivity (Wildman–Crippen MR) is 60.6 cm³/mol. The molecule has 6 heteroatoms. The summed E-state index contributed by atoms with van der Waals surface area (Å²) in [6.07, 6.45) is 0. The van der Waals surface area contributed by atoms with Crippen LogP contribution in [0.4, 0.5) is 4.39 Å². The third kappa shape index (κ3) is 3.42. The van der Waals surface area contributed by atoms with Crippen LogP contribution < -0.4 is 0 Å². The van der Waals surface area contributed by atoms with Gasteiger partial charge in [-0.2, -0.15) is 0 Å². The second kappa shape index (κ2) is 5.63. The monoisotopic (exact) mass is 259 g/mol. The van der Waals surface area contributed by atoms with Gasteiger partial charge in [-0.05, 0) is 25.1 Å². The van der Waals surface area contributed by atoms with Crippen molar-refractivity contribution in [1.82, 2.24) is 4.90 Å². The molecular weight excluding hydrogens is 249 g/mol. The van der Waals surface area contributed by atoms with Gasteiger partial charge in [0, 0.05) is 12.1 Å². The lowest BCUT2D eigenvalue weighted by molar-refractivity contribution is -0.137. The highest BCUT2D eigenvalue weighted by molar-refractivity contribution is 6.31. The lowest BCUT2D eigenvalue weighted by Crippen LogP contribution is -2.35. The highest BCUT2D eigenvalue weighted by Gasteiger charge is 2.17. The van der Waals surface area contributed by atoms with Crippen LogP contribution in [0, 0.1) is 5.82 Å². The molecule has 1 N–H and O–H groups in total. The number of carboxylic acid groups (broad SMARTS) is 1. The number of benzene rings is 1. The first kappa shape index (κ1) is 13.4. The van der Waals surface area contributed by atoms with E-state index in [2.05, 4.69) is 0 Å². The summed E-state index contributed by atoms with van der Waals surface area (Å²) in [4.78, 5) is 23.5. The molecule has 0 aromatic heterocycles. The van der Waals surface area contributed by atoms with Crippen LogP contribution in [-0.4, -0.2) is 35.0 Å². The van der Waals surface area contributed by atoms with Gasteiger partial charge in [0.25, 0.3) is 5.91 Å². The van der Waals surface area contributed by atoms with Crippen molar-refractivity contribution in [1.29, 1.82) is 0 Å². The molecule has 0 fully saturated rings. The molecule has 1 aromatic rings. The Hall–Kier alpha value is -1.62. The molecule has 4 nitrogen and oxygen atoms in total. The highest BCUT2D eigenvalue weighted by Crippen LogP contribution is 2.17. The number of rotatable bonds is 4. The molecule has 0 aliphatic heterocycles. The number of hydrogen-bond donors (Lipinski definition) is 1. The molecule has 0 aliphatic carbocycles. The number of likely N-dealkylation sites (N-methyl/N-ethyl adjacent to an activating group) is 1. The zero-order valence-corrected chi connectivity index (χ0v) is 9.87. The van der Waals surface area contributed by atoms with E-state index >= 15 is 0 Å². The molecule has 0 saturated heterocycles. The second-order valence-electron chi connectivity index (χ2n) is 3.34. The van der Waals surface area contributed by atoms with E-state index in [0.717, 1.165) is 11.0 Å². The Morgan fingerprint density at radius 3 is 2.59 bits per heavy atom. The quantitative estimate of drug-likeness (QED) is 0.900. The van der Waals surface area contributed by atoms with E-state index in [9.17, 15) is 14.0 Å². The third-order valence-electron chi connectivity index (χ3n) is 2.16. The van der Waals surface area contributed by atoms with Crippen molar-refractivity contribution in [3.05, 3.63) is 34.6 Å². The summed E-state index contributed by atoms with van der Waals surface area (Å²) in [5.74, 6) is -2.21. The van der Waals surface area contributed by atoms with Crippen LogP contribution in [0.2, 0.25) is 5.02 Å². The lowest BCUT2D eigenvalue weighted by atomic mass is 10.2. The molecule has 92 valence electrons. The van der Waals surface area contributed by atoms with Gasteiger partial charge in [0.1, 0.15) is 12.4 Å². The van der Waals surface area contributed by atoms with Crippen molar-refractivity contribution in [2.24, 2.45) is 0 Å². The minimum absolute atomic E-state index is 0.165. The summed E-state index contributed by atoms with van der Waals surface area (Å²) < 4.78 is 12.9. The van der Waals surface area contributed by atoms with Crippen molar-refractivity contribution in [3.63, 3.8) is 0 Å². The molecule has 0 aliphatic rings. The summed E-state index contributed by atoms with van der Waals surface area (Å²) in [6.45, 7) is 1.51. The summed E-state index contributed by atoms with van der Waals surface area (Å²) in [6, 6.07) is 3.53. The SMILES string of the molecule is CCN(CC(=O)O)C(=O)c1ccc(F)c(Cl)c1. The molecule has 1 rings (SSSR count). The number of nitrogens with zero attached hydrogens (tertiary/aromatic N) is 1. The van der Waals surface area contributed by atoms with Gasteiger partial charge in [-0.3, -0.25) is 9.59 Å². The van der Waals surface area contributed by atoms with Crippen molar-refractivity contribution in [2.75, 3.05) is 13.1 Å². The Morgan fingerprint density at radius 1 is 1.47 bits per heavy atom. The first-order valence-electron chi connectivity index (χ1n) is 4.91. The molecule has 1 amide bonds. The van der Waals surface area contributed by atoms with E-state index in [1.807, 2.05) is 0 Å². The van der Waals surface area contributed by atoms with E-state index in [-0.39, 0.29) is 17.1 Å². The molecule has 17 heavy (non-hydrogen) atoms. The zero-order valence-electron chi connectivity index (χ0n) is 9.11. The number of hydrogen-bond acceptors (Lipinski definition) is 2. The van der Waals surface area contributed by atoms with Gasteiger partial charge in [0.2, 0.25) is 0 Å². The van der Waals surface area contributed by atoms with Gasteiger partial charge in [-0.15, -0.1) is 0 Å². The fourth-order valence-electron chi connectivity index (χ4n) is 1.30. The zero-order chi connectivity index (χ0) is 13.0. The van der Waals surface area contributed by atoms with Crippen LogP contribution in [0.1, 0.15) is 17.3 Å². The largest absolute Gasteiger partial charge is 0.480 e. The average molecular weight is 260 g/mol. The molecule has 0 atom stereocenters. The number of halogens is 2. The van der Waals surface area contributed by atoms with E-state index in [4.69, 9.17) is 16.7 Å². The van der Waals surface area contributed by atoms with Gasteiger partial charge in [0.15, 0.2) is 0 Å². The first-order chi connectivity index (χ1) is 7.95. The number of amides is 1. The van der Waals surface area contributed by atoms with E-state index in [1.54, 1.807) is 6.92 Å². The van der Waals surface area contributed by atoms with Crippen molar-refractivity contribution in [2.45, 2.75) is 6.92 Å². The fourth-order valence-corrected chi connectivity index (χ4v) is 1.48. The molecular formula is C11H11ClFNO3. The normalized spacial score (nSPS) is 10.1. The maximum Gasteiger partial charge on any atom is 0.323 e. The molecule has 0 radical (unpaired) electrons. The van der Waals surface area contributed by atoms with Crippen LogP contribution in [-0.2, 0) is 4.79 Å². The molecule has 1 aromatic carbocycles. The summed E-state index contributed by atoms with van der Waals surface area (Å²) in [7, 11) is 0. The minimum atomic E-state index is -1.10. The average Bonchev–Trinajstić information content (AvgIpc) is 2.28. The van der Waals surface area contributed by atoms with Crippen LogP contribution in [0.15, 0.2) is 18.2 Å². The Morgan fingerprint density at radius 2 is 2.12 bits per heavy atom. The topological polar surface area (TPSA) is 57.6 Å². The van der Waals surface area contributed by atoms with Crippen LogP contribution in [0.5, 0.6) is 0 Å². The van der Waals surface area contributed by atoms with Crippen molar-refractivity contribution >= 4 is 23.5 Å². The molecule has 0 saturated carbocycles. The van der Waals surface area contributed by atoms with Gasteiger partial charge in [0.05, 0.1) is 5.02 Å². The summed E-state index contributed by atoms with van der Waals surface area (Å²) in [5, 5.41) is 8.46. The van der Waals surface area contributed by atoms with Gasteiger partial charge < -0.3 is 10.0 Å². The highest BCUT2D eigenvalue weighted by atomic mass is 35.5. The van der Waals surface area contributed by atoms with Gasteiger partial charge in [-0.1, -0.05) is 11.6 Å². The van der Waals surface area contributed by atoms with Crippen molar-refractivity contribution in [3.8, 4) is 0 Å². The van der Waals surface area contributed by atoms with E-state index in [1.165, 1.54) is 12.1 Å². The molecule has 0 spiro atoms. The molecule has 0 heterocycles.